The molecule has 134 valence electrons. The number of imidazole rings is 1. The second-order valence-electron chi connectivity index (χ2n) is 7.40. The van der Waals surface area contributed by atoms with E-state index in [1.54, 1.807) is 12.1 Å². The second-order valence-corrected chi connectivity index (χ2v) is 7.40. The van der Waals surface area contributed by atoms with Crippen LogP contribution in [0.15, 0.2) is 23.0 Å². The number of carbonyl (C=O) groups excluding carboxylic acids is 1. The number of amides is 1. The van der Waals surface area contributed by atoms with E-state index >= 15 is 0 Å². The largest absolute Gasteiger partial charge is 0.391 e. The number of nitrogens with one attached hydrogen (secondary N) is 2. The Hall–Kier alpha value is -2.08. The lowest BCUT2D eigenvalue weighted by atomic mass is 9.92. The number of fused-ring (bicyclic) bond motifs is 1. The average Bonchev–Trinajstić information content (AvgIpc) is 3.22. The monoisotopic (exact) mass is 343 g/mol. The highest BCUT2D eigenvalue weighted by atomic mass is 16.3. The maximum Gasteiger partial charge on any atom is 0.326 e. The van der Waals surface area contributed by atoms with Crippen molar-refractivity contribution < 1.29 is 9.90 Å². The van der Waals surface area contributed by atoms with Crippen molar-refractivity contribution in [2.75, 3.05) is 0 Å². The van der Waals surface area contributed by atoms with Gasteiger partial charge in [0.1, 0.15) is 0 Å². The van der Waals surface area contributed by atoms with E-state index in [1.165, 1.54) is 0 Å². The summed E-state index contributed by atoms with van der Waals surface area (Å²) in [7, 11) is 0. The van der Waals surface area contributed by atoms with Crippen LogP contribution in [0.4, 0.5) is 0 Å². The molecule has 1 aromatic carbocycles. The fourth-order valence-electron chi connectivity index (χ4n) is 4.33. The lowest BCUT2D eigenvalue weighted by Gasteiger charge is -2.28. The van der Waals surface area contributed by atoms with E-state index in [0.29, 0.717) is 11.1 Å². The summed E-state index contributed by atoms with van der Waals surface area (Å²) in [6, 6.07) is 5.45. The summed E-state index contributed by atoms with van der Waals surface area (Å²) < 4.78 is 1.84. The van der Waals surface area contributed by atoms with Gasteiger partial charge in [-0.2, -0.15) is 0 Å². The number of benzene rings is 1. The molecule has 25 heavy (non-hydrogen) atoms. The number of rotatable bonds is 3. The summed E-state index contributed by atoms with van der Waals surface area (Å²) in [5.41, 5.74) is 1.99. The molecule has 2 atom stereocenters. The van der Waals surface area contributed by atoms with E-state index in [0.717, 1.165) is 56.9 Å². The molecule has 2 aromatic rings. The lowest BCUT2D eigenvalue weighted by Crippen LogP contribution is -2.45. The van der Waals surface area contributed by atoms with Crippen molar-refractivity contribution >= 4 is 16.9 Å². The standard InChI is InChI=1S/C19H25N3O3/c23-17-8-4-3-7-14(17)20-18(24)12-9-10-16-15(11-12)21-19(25)22(16)13-5-1-2-6-13/h9-11,13-14,17,23H,1-8H2,(H,20,24)(H,21,25). The van der Waals surface area contributed by atoms with Crippen molar-refractivity contribution in [2.45, 2.75) is 69.6 Å². The minimum absolute atomic E-state index is 0.0952. The minimum atomic E-state index is -0.468. The van der Waals surface area contributed by atoms with Crippen molar-refractivity contribution in [1.82, 2.24) is 14.9 Å². The van der Waals surface area contributed by atoms with Crippen LogP contribution in [0, 0.1) is 0 Å². The molecule has 1 heterocycles. The van der Waals surface area contributed by atoms with Gasteiger partial charge in [-0.05, 0) is 43.9 Å². The quantitative estimate of drug-likeness (QED) is 0.800. The Morgan fingerprint density at radius 3 is 2.60 bits per heavy atom. The highest BCUT2D eigenvalue weighted by Crippen LogP contribution is 2.30. The van der Waals surface area contributed by atoms with Crippen LogP contribution in [0.5, 0.6) is 0 Å². The zero-order chi connectivity index (χ0) is 17.4. The van der Waals surface area contributed by atoms with Crippen LogP contribution in [-0.2, 0) is 0 Å². The molecular formula is C19H25N3O3. The van der Waals surface area contributed by atoms with Crippen LogP contribution >= 0.6 is 0 Å². The van der Waals surface area contributed by atoms with Gasteiger partial charge in [-0.25, -0.2) is 4.79 Å². The lowest BCUT2D eigenvalue weighted by molar-refractivity contribution is 0.0717. The Labute approximate surface area is 146 Å². The minimum Gasteiger partial charge on any atom is -0.391 e. The molecule has 1 amide bonds. The fraction of sp³-hybridized carbons (Fsp3) is 0.579. The Morgan fingerprint density at radius 1 is 1.12 bits per heavy atom. The normalized spacial score (nSPS) is 24.7. The first-order valence-corrected chi connectivity index (χ1v) is 9.36. The smallest absolute Gasteiger partial charge is 0.326 e. The number of aliphatic hydroxyl groups excluding tert-OH is 1. The fourth-order valence-corrected chi connectivity index (χ4v) is 4.33. The Kier molecular flexibility index (Phi) is 4.37. The van der Waals surface area contributed by atoms with Gasteiger partial charge in [0.2, 0.25) is 0 Å². The van der Waals surface area contributed by atoms with Crippen LogP contribution in [-0.4, -0.2) is 32.7 Å². The summed E-state index contributed by atoms with van der Waals surface area (Å²) in [4.78, 5) is 27.8. The van der Waals surface area contributed by atoms with Gasteiger partial charge >= 0.3 is 5.69 Å². The number of nitrogens with zero attached hydrogens (tertiary/aromatic N) is 1. The molecule has 2 aliphatic carbocycles. The van der Waals surface area contributed by atoms with Gasteiger partial charge in [-0.1, -0.05) is 25.7 Å². The molecule has 2 unspecified atom stereocenters. The van der Waals surface area contributed by atoms with Crippen molar-refractivity contribution in [3.05, 3.63) is 34.2 Å². The summed E-state index contributed by atoms with van der Waals surface area (Å²) in [6.07, 6.45) is 7.51. The van der Waals surface area contributed by atoms with Gasteiger partial charge in [0.25, 0.3) is 5.91 Å². The summed E-state index contributed by atoms with van der Waals surface area (Å²) in [6.45, 7) is 0. The van der Waals surface area contributed by atoms with Crippen LogP contribution < -0.4 is 11.0 Å². The molecule has 4 rings (SSSR count). The van der Waals surface area contributed by atoms with Gasteiger partial charge in [0, 0.05) is 11.6 Å². The Morgan fingerprint density at radius 2 is 1.84 bits per heavy atom. The van der Waals surface area contributed by atoms with Crippen molar-refractivity contribution in [1.29, 1.82) is 0 Å². The van der Waals surface area contributed by atoms with E-state index in [9.17, 15) is 14.7 Å². The molecule has 3 N–H and O–H groups in total. The number of aliphatic hydroxyl groups is 1. The van der Waals surface area contributed by atoms with Crippen molar-refractivity contribution in [3.63, 3.8) is 0 Å². The predicted octanol–water partition coefficient (Wildman–Crippen LogP) is 2.48. The van der Waals surface area contributed by atoms with Crippen LogP contribution in [0.2, 0.25) is 0 Å². The van der Waals surface area contributed by atoms with Crippen LogP contribution in [0.3, 0.4) is 0 Å². The van der Waals surface area contributed by atoms with E-state index in [2.05, 4.69) is 10.3 Å². The topological polar surface area (TPSA) is 87.1 Å². The highest BCUT2D eigenvalue weighted by Gasteiger charge is 2.25. The molecule has 2 aliphatic rings. The molecule has 0 aliphatic heterocycles. The van der Waals surface area contributed by atoms with E-state index in [-0.39, 0.29) is 23.7 Å². The molecule has 0 radical (unpaired) electrons. The summed E-state index contributed by atoms with van der Waals surface area (Å²) in [5.74, 6) is -0.192. The SMILES string of the molecule is O=C(NC1CCCCC1O)c1ccc2c(c1)[nH]c(=O)n2C1CCCC1. The van der Waals surface area contributed by atoms with E-state index in [1.807, 2.05) is 10.6 Å². The number of carbonyl (C=O) groups is 1. The maximum atomic E-state index is 12.5. The number of hydrogen-bond acceptors (Lipinski definition) is 3. The van der Waals surface area contributed by atoms with Gasteiger partial charge in [0.05, 0.1) is 23.2 Å². The zero-order valence-corrected chi connectivity index (χ0v) is 14.3. The Bertz CT molecular complexity index is 832. The number of H-pyrrole nitrogens is 1. The van der Waals surface area contributed by atoms with Gasteiger partial charge in [0.15, 0.2) is 0 Å². The first-order valence-electron chi connectivity index (χ1n) is 9.36. The van der Waals surface area contributed by atoms with Crippen molar-refractivity contribution in [2.24, 2.45) is 0 Å². The van der Waals surface area contributed by atoms with Gasteiger partial charge in [-0.3, -0.25) is 9.36 Å². The molecule has 6 nitrogen and oxygen atoms in total. The summed E-state index contributed by atoms with van der Waals surface area (Å²) >= 11 is 0. The number of hydrogen-bond donors (Lipinski definition) is 3. The van der Waals surface area contributed by atoms with Gasteiger partial charge < -0.3 is 15.4 Å². The van der Waals surface area contributed by atoms with E-state index in [4.69, 9.17) is 0 Å². The Balaban J connectivity index is 1.58. The predicted molar refractivity (Wildman–Crippen MR) is 95.8 cm³/mol. The number of aromatic nitrogens is 2. The van der Waals surface area contributed by atoms with E-state index < -0.39 is 6.10 Å². The first-order chi connectivity index (χ1) is 12.1. The third-order valence-corrected chi connectivity index (χ3v) is 5.71. The first kappa shape index (κ1) is 16.4. The zero-order valence-electron chi connectivity index (χ0n) is 14.3. The highest BCUT2D eigenvalue weighted by molar-refractivity contribution is 5.97. The molecule has 0 spiro atoms. The molecule has 0 saturated heterocycles. The van der Waals surface area contributed by atoms with Gasteiger partial charge in [-0.15, -0.1) is 0 Å². The maximum absolute atomic E-state index is 12.5. The molecule has 2 saturated carbocycles. The molecule has 2 fully saturated rings. The van der Waals surface area contributed by atoms with Crippen LogP contribution in [0.25, 0.3) is 11.0 Å². The third-order valence-electron chi connectivity index (χ3n) is 5.71. The third kappa shape index (κ3) is 3.11. The molecule has 6 heteroatoms. The molecule has 0 bridgehead atoms. The van der Waals surface area contributed by atoms with Crippen LogP contribution in [0.1, 0.15) is 67.8 Å². The molecular weight excluding hydrogens is 318 g/mol. The molecule has 1 aromatic heterocycles. The average molecular weight is 343 g/mol. The number of aromatic amines is 1. The summed E-state index contributed by atoms with van der Waals surface area (Å²) in [5, 5.41) is 13.0. The van der Waals surface area contributed by atoms with Crippen molar-refractivity contribution in [3.8, 4) is 0 Å². The second kappa shape index (κ2) is 6.67.